The fourth-order valence-electron chi connectivity index (χ4n) is 1.05. The molecule has 1 aromatic carbocycles. The number of hydrogen-bond donors (Lipinski definition) is 2. The van der Waals surface area contributed by atoms with Crippen LogP contribution in [0.15, 0.2) is 24.3 Å². The van der Waals surface area contributed by atoms with Gasteiger partial charge in [-0.15, -0.1) is 0 Å². The second kappa shape index (κ2) is 5.11. The summed E-state index contributed by atoms with van der Waals surface area (Å²) in [7, 11) is 0. The summed E-state index contributed by atoms with van der Waals surface area (Å²) in [5.41, 5.74) is 0.182. The Labute approximate surface area is 85.9 Å². The molecular weight excluding hydrogens is 200 g/mol. The minimum absolute atomic E-state index is 0.166. The SMILES string of the molecule is O=C(O)COc1ccccc1C(=O)CO. The Morgan fingerprint density at radius 1 is 1.27 bits per heavy atom. The van der Waals surface area contributed by atoms with Crippen molar-refractivity contribution in [3.05, 3.63) is 29.8 Å². The summed E-state index contributed by atoms with van der Waals surface area (Å²) in [5.74, 6) is -1.46. The highest BCUT2D eigenvalue weighted by molar-refractivity contribution is 5.99. The zero-order chi connectivity index (χ0) is 11.3. The third-order valence-corrected chi connectivity index (χ3v) is 1.68. The average molecular weight is 210 g/mol. The quantitative estimate of drug-likeness (QED) is 0.684. The minimum atomic E-state index is -1.12. The van der Waals surface area contributed by atoms with Gasteiger partial charge in [0.15, 0.2) is 12.4 Å². The molecule has 80 valence electrons. The number of aliphatic carboxylic acids is 1. The number of ether oxygens (including phenoxy) is 1. The van der Waals surface area contributed by atoms with E-state index in [1.165, 1.54) is 12.1 Å². The van der Waals surface area contributed by atoms with Crippen molar-refractivity contribution in [1.29, 1.82) is 0 Å². The third kappa shape index (κ3) is 3.07. The van der Waals surface area contributed by atoms with Gasteiger partial charge in [-0.3, -0.25) is 4.79 Å². The first kappa shape index (κ1) is 11.2. The van der Waals surface area contributed by atoms with Gasteiger partial charge in [-0.25, -0.2) is 4.79 Å². The van der Waals surface area contributed by atoms with Gasteiger partial charge in [0.1, 0.15) is 12.4 Å². The Hall–Kier alpha value is -1.88. The van der Waals surface area contributed by atoms with Crippen LogP contribution in [-0.2, 0) is 4.79 Å². The average Bonchev–Trinajstić information content (AvgIpc) is 2.25. The Balaban J connectivity index is 2.86. The first-order valence-electron chi connectivity index (χ1n) is 4.23. The van der Waals surface area contributed by atoms with Crippen molar-refractivity contribution in [3.63, 3.8) is 0 Å². The molecule has 0 fully saturated rings. The molecule has 0 saturated carbocycles. The van der Waals surface area contributed by atoms with Crippen LogP contribution in [0.2, 0.25) is 0 Å². The number of Topliss-reactive ketones (excluding diaryl/α,β-unsaturated/α-hetero) is 1. The first-order valence-corrected chi connectivity index (χ1v) is 4.23. The number of carbonyl (C=O) groups is 2. The van der Waals surface area contributed by atoms with Crippen LogP contribution >= 0.6 is 0 Å². The maximum Gasteiger partial charge on any atom is 0.341 e. The largest absolute Gasteiger partial charge is 0.481 e. The van der Waals surface area contributed by atoms with Crippen molar-refractivity contribution in [2.45, 2.75) is 0 Å². The molecule has 0 unspecified atom stereocenters. The highest BCUT2D eigenvalue weighted by Gasteiger charge is 2.11. The molecule has 1 aromatic rings. The second-order valence-electron chi connectivity index (χ2n) is 2.76. The van der Waals surface area contributed by atoms with Gasteiger partial charge in [-0.1, -0.05) is 12.1 Å². The number of ketones is 1. The van der Waals surface area contributed by atoms with Gasteiger partial charge < -0.3 is 14.9 Å². The van der Waals surface area contributed by atoms with Gasteiger partial charge in [-0.05, 0) is 12.1 Å². The number of carboxylic acids is 1. The van der Waals surface area contributed by atoms with E-state index in [0.29, 0.717) is 0 Å². The molecule has 0 atom stereocenters. The summed E-state index contributed by atoms with van der Waals surface area (Å²) < 4.78 is 4.89. The maximum atomic E-state index is 11.2. The van der Waals surface area contributed by atoms with E-state index in [0.717, 1.165) is 0 Å². The highest BCUT2D eigenvalue weighted by Crippen LogP contribution is 2.18. The van der Waals surface area contributed by atoms with E-state index in [1.807, 2.05) is 0 Å². The minimum Gasteiger partial charge on any atom is -0.481 e. The molecule has 0 bridgehead atoms. The first-order chi connectivity index (χ1) is 7.15. The van der Waals surface area contributed by atoms with Crippen LogP contribution in [0.4, 0.5) is 0 Å². The molecule has 5 heteroatoms. The predicted octanol–water partition coefficient (Wildman–Crippen LogP) is 0.325. The second-order valence-corrected chi connectivity index (χ2v) is 2.76. The summed E-state index contributed by atoms with van der Waals surface area (Å²) in [4.78, 5) is 21.5. The zero-order valence-corrected chi connectivity index (χ0v) is 7.84. The molecule has 2 N–H and O–H groups in total. The molecule has 0 aromatic heterocycles. The van der Waals surface area contributed by atoms with Crippen molar-refractivity contribution >= 4 is 11.8 Å². The summed E-state index contributed by atoms with van der Waals surface area (Å²) in [6.07, 6.45) is 0. The lowest BCUT2D eigenvalue weighted by Crippen LogP contribution is -2.13. The van der Waals surface area contributed by atoms with E-state index in [-0.39, 0.29) is 11.3 Å². The molecule has 0 saturated heterocycles. The monoisotopic (exact) mass is 210 g/mol. The van der Waals surface area contributed by atoms with Gasteiger partial charge in [0.2, 0.25) is 0 Å². The number of hydrogen-bond acceptors (Lipinski definition) is 4. The van der Waals surface area contributed by atoms with Crippen molar-refractivity contribution in [2.24, 2.45) is 0 Å². The number of benzene rings is 1. The molecule has 0 radical (unpaired) electrons. The lowest BCUT2D eigenvalue weighted by molar-refractivity contribution is -0.139. The van der Waals surface area contributed by atoms with Gasteiger partial charge in [0.05, 0.1) is 5.56 Å². The number of aliphatic hydroxyl groups is 1. The Kier molecular flexibility index (Phi) is 3.82. The van der Waals surface area contributed by atoms with Crippen LogP contribution in [0.1, 0.15) is 10.4 Å². The van der Waals surface area contributed by atoms with Gasteiger partial charge in [0.25, 0.3) is 0 Å². The smallest absolute Gasteiger partial charge is 0.341 e. The van der Waals surface area contributed by atoms with E-state index >= 15 is 0 Å². The lowest BCUT2D eigenvalue weighted by atomic mass is 10.1. The molecule has 0 aliphatic carbocycles. The maximum absolute atomic E-state index is 11.2. The van der Waals surface area contributed by atoms with Crippen LogP contribution in [-0.4, -0.2) is 35.2 Å². The standard InChI is InChI=1S/C10H10O5/c11-5-8(12)7-3-1-2-4-9(7)15-6-10(13)14/h1-4,11H,5-6H2,(H,13,14). The highest BCUT2D eigenvalue weighted by atomic mass is 16.5. The van der Waals surface area contributed by atoms with Crippen molar-refractivity contribution in [2.75, 3.05) is 13.2 Å². The predicted molar refractivity (Wildman–Crippen MR) is 51.0 cm³/mol. The molecule has 15 heavy (non-hydrogen) atoms. The molecule has 1 rings (SSSR count). The lowest BCUT2D eigenvalue weighted by Gasteiger charge is -2.07. The van der Waals surface area contributed by atoms with Crippen LogP contribution in [0.5, 0.6) is 5.75 Å². The van der Waals surface area contributed by atoms with Gasteiger partial charge >= 0.3 is 5.97 Å². The molecule has 0 amide bonds. The summed E-state index contributed by atoms with van der Waals surface area (Å²) in [6, 6.07) is 6.17. The van der Waals surface area contributed by atoms with E-state index in [1.54, 1.807) is 12.1 Å². The Morgan fingerprint density at radius 3 is 2.53 bits per heavy atom. The van der Waals surface area contributed by atoms with Crippen molar-refractivity contribution in [3.8, 4) is 5.75 Å². The summed E-state index contributed by atoms with van der Waals surface area (Å²) in [6.45, 7) is -1.15. The Bertz CT molecular complexity index is 372. The fourth-order valence-corrected chi connectivity index (χ4v) is 1.05. The van der Waals surface area contributed by atoms with Crippen LogP contribution in [0.25, 0.3) is 0 Å². The summed E-state index contributed by atoms with van der Waals surface area (Å²) >= 11 is 0. The van der Waals surface area contributed by atoms with E-state index in [4.69, 9.17) is 14.9 Å². The summed E-state index contributed by atoms with van der Waals surface area (Å²) in [5, 5.41) is 17.1. The number of aliphatic hydroxyl groups excluding tert-OH is 1. The molecule has 5 nitrogen and oxygen atoms in total. The molecule has 0 aliphatic heterocycles. The van der Waals surface area contributed by atoms with Crippen molar-refractivity contribution < 1.29 is 24.5 Å². The molecular formula is C10H10O5. The number of carboxylic acid groups (broad SMARTS) is 1. The van der Waals surface area contributed by atoms with Gasteiger partial charge in [-0.2, -0.15) is 0 Å². The van der Waals surface area contributed by atoms with E-state index in [2.05, 4.69) is 0 Å². The third-order valence-electron chi connectivity index (χ3n) is 1.68. The topological polar surface area (TPSA) is 83.8 Å². The molecule has 0 spiro atoms. The number of rotatable bonds is 5. The van der Waals surface area contributed by atoms with E-state index in [9.17, 15) is 9.59 Å². The van der Waals surface area contributed by atoms with Crippen LogP contribution in [0.3, 0.4) is 0 Å². The number of carbonyl (C=O) groups excluding carboxylic acids is 1. The molecule has 0 heterocycles. The number of para-hydroxylation sites is 1. The van der Waals surface area contributed by atoms with E-state index < -0.39 is 25.0 Å². The Morgan fingerprint density at radius 2 is 1.93 bits per heavy atom. The normalized spacial score (nSPS) is 9.67. The molecule has 0 aliphatic rings. The zero-order valence-electron chi connectivity index (χ0n) is 7.84. The van der Waals surface area contributed by atoms with Crippen LogP contribution < -0.4 is 4.74 Å². The fraction of sp³-hybridized carbons (Fsp3) is 0.200. The van der Waals surface area contributed by atoms with Crippen molar-refractivity contribution in [1.82, 2.24) is 0 Å². The van der Waals surface area contributed by atoms with Gasteiger partial charge in [0, 0.05) is 0 Å². The van der Waals surface area contributed by atoms with Crippen LogP contribution in [0, 0.1) is 0 Å².